The number of ether oxygens (including phenoxy) is 1. The molecule has 12 heteroatoms. The summed E-state index contributed by atoms with van der Waals surface area (Å²) in [6.45, 7) is 6.02. The third-order valence-electron chi connectivity index (χ3n) is 5.16. The summed E-state index contributed by atoms with van der Waals surface area (Å²) >= 11 is 1.20. The number of aryl methyl sites for hydroxylation is 2. The van der Waals surface area contributed by atoms with Gasteiger partial charge in [0.1, 0.15) is 4.21 Å². The number of aromatic nitrogens is 3. The second kappa shape index (κ2) is 10.9. The van der Waals surface area contributed by atoms with Crippen LogP contribution in [0.5, 0.6) is 0 Å². The summed E-state index contributed by atoms with van der Waals surface area (Å²) in [5, 5.41) is 17.6. The number of carboxylic acid groups (broad SMARTS) is 1. The maximum Gasteiger partial charge on any atom is 0.290 e. The molecule has 174 valence electrons. The highest BCUT2D eigenvalue weighted by Crippen LogP contribution is 2.31. The van der Waals surface area contributed by atoms with Crippen LogP contribution in [0.15, 0.2) is 27.9 Å². The van der Waals surface area contributed by atoms with Crippen LogP contribution >= 0.6 is 11.3 Å². The van der Waals surface area contributed by atoms with Gasteiger partial charge in [0.05, 0.1) is 17.3 Å². The van der Waals surface area contributed by atoms with Gasteiger partial charge < -0.3 is 15.2 Å². The zero-order valence-corrected chi connectivity index (χ0v) is 19.6. The van der Waals surface area contributed by atoms with Crippen LogP contribution in [0.1, 0.15) is 31.0 Å². The van der Waals surface area contributed by atoms with E-state index in [1.165, 1.54) is 11.3 Å². The number of pyridine rings is 1. The number of rotatable bonds is 7. The second-order valence-corrected chi connectivity index (χ2v) is 10.1. The average molecular weight is 482 g/mol. The van der Waals surface area contributed by atoms with Crippen LogP contribution in [0.4, 0.5) is 5.69 Å². The van der Waals surface area contributed by atoms with Gasteiger partial charge in [-0.15, -0.1) is 11.3 Å². The molecule has 3 aromatic rings. The smallest absolute Gasteiger partial charge is 0.290 e. The molecule has 0 aliphatic carbocycles. The highest BCUT2D eigenvalue weighted by atomic mass is 32.2. The molecule has 32 heavy (non-hydrogen) atoms. The summed E-state index contributed by atoms with van der Waals surface area (Å²) in [7, 11) is -3.56. The standard InChI is InChI=1S/C19H25N5O3S2.CH2O2/c1-3-24-19-16(11-20-24)18(23-14-6-8-27-9-7-14)15(13(2)22-19)12-21-29(25,26)17-5-4-10-28-17;2-1-3/h4-5,10-11,14,21H,3,6-9,12H2,1-2H3,(H,22,23);1H,(H,2,3). The average Bonchev–Trinajstić information content (AvgIpc) is 3.45. The number of anilines is 1. The Kier molecular flexibility index (Phi) is 8.18. The lowest BCUT2D eigenvalue weighted by Crippen LogP contribution is -2.29. The quantitative estimate of drug-likeness (QED) is 0.438. The van der Waals surface area contributed by atoms with Crippen LogP contribution in [0.3, 0.4) is 0 Å². The molecule has 0 atom stereocenters. The van der Waals surface area contributed by atoms with Crippen molar-refractivity contribution in [3.8, 4) is 0 Å². The van der Waals surface area contributed by atoms with E-state index in [-0.39, 0.29) is 19.1 Å². The molecule has 1 saturated heterocycles. The van der Waals surface area contributed by atoms with Gasteiger partial charge >= 0.3 is 0 Å². The molecule has 1 aliphatic rings. The van der Waals surface area contributed by atoms with Gasteiger partial charge in [-0.1, -0.05) is 6.07 Å². The molecular formula is C20H27N5O5S2. The van der Waals surface area contributed by atoms with Crippen molar-refractivity contribution in [1.82, 2.24) is 19.5 Å². The van der Waals surface area contributed by atoms with Crippen molar-refractivity contribution >= 4 is 44.6 Å². The first-order valence-electron chi connectivity index (χ1n) is 10.2. The molecule has 10 nitrogen and oxygen atoms in total. The van der Waals surface area contributed by atoms with E-state index < -0.39 is 10.0 Å². The Labute approximate surface area is 190 Å². The Morgan fingerprint density at radius 1 is 1.38 bits per heavy atom. The fourth-order valence-electron chi connectivity index (χ4n) is 3.56. The zero-order valence-electron chi connectivity index (χ0n) is 17.9. The number of fused-ring (bicyclic) bond motifs is 1. The van der Waals surface area contributed by atoms with Crippen molar-refractivity contribution in [2.24, 2.45) is 0 Å². The molecule has 1 aliphatic heterocycles. The lowest BCUT2D eigenvalue weighted by atomic mass is 10.1. The number of hydrogen-bond acceptors (Lipinski definition) is 8. The number of nitrogens with one attached hydrogen (secondary N) is 2. The SMILES string of the molecule is CCn1ncc2c(NC3CCOCC3)c(CNS(=O)(=O)c3cccs3)c(C)nc21.O=CO. The molecule has 4 heterocycles. The third kappa shape index (κ3) is 5.44. The van der Waals surface area contributed by atoms with Crippen molar-refractivity contribution < 1.29 is 23.1 Å². The van der Waals surface area contributed by atoms with Crippen LogP contribution < -0.4 is 10.0 Å². The van der Waals surface area contributed by atoms with E-state index in [0.29, 0.717) is 4.21 Å². The summed E-state index contributed by atoms with van der Waals surface area (Å²) in [6, 6.07) is 3.61. The largest absolute Gasteiger partial charge is 0.483 e. The lowest BCUT2D eigenvalue weighted by Gasteiger charge is -2.26. The van der Waals surface area contributed by atoms with Gasteiger partial charge in [0.15, 0.2) is 5.65 Å². The molecule has 0 radical (unpaired) electrons. The molecule has 4 rings (SSSR count). The maximum atomic E-state index is 12.6. The number of thiophene rings is 1. The Morgan fingerprint density at radius 2 is 2.09 bits per heavy atom. The topological polar surface area (TPSA) is 135 Å². The fourth-order valence-corrected chi connectivity index (χ4v) is 5.59. The molecule has 0 saturated carbocycles. The minimum atomic E-state index is -3.56. The predicted octanol–water partition coefficient (Wildman–Crippen LogP) is 2.59. The highest BCUT2D eigenvalue weighted by molar-refractivity contribution is 7.91. The van der Waals surface area contributed by atoms with Gasteiger partial charge in [0.2, 0.25) is 10.0 Å². The summed E-state index contributed by atoms with van der Waals surface area (Å²) < 4.78 is 35.6. The van der Waals surface area contributed by atoms with Crippen LogP contribution in [0, 0.1) is 6.92 Å². The minimum Gasteiger partial charge on any atom is -0.483 e. The maximum absolute atomic E-state index is 12.6. The molecule has 3 N–H and O–H groups in total. The Hall–Kier alpha value is -2.54. The van der Waals surface area contributed by atoms with E-state index in [1.54, 1.807) is 17.5 Å². The predicted molar refractivity (Wildman–Crippen MR) is 122 cm³/mol. The van der Waals surface area contributed by atoms with Crippen LogP contribution in [0.25, 0.3) is 11.0 Å². The molecule has 0 amide bonds. The van der Waals surface area contributed by atoms with Crippen molar-refractivity contribution in [1.29, 1.82) is 0 Å². The van der Waals surface area contributed by atoms with Crippen molar-refractivity contribution in [2.45, 2.75) is 50.0 Å². The minimum absolute atomic E-state index is 0.165. The van der Waals surface area contributed by atoms with Gasteiger partial charge in [-0.25, -0.2) is 22.8 Å². The fraction of sp³-hybridized carbons (Fsp3) is 0.450. The monoisotopic (exact) mass is 481 g/mol. The van der Waals surface area contributed by atoms with E-state index in [1.807, 2.05) is 24.7 Å². The van der Waals surface area contributed by atoms with E-state index in [2.05, 4.69) is 15.1 Å². The van der Waals surface area contributed by atoms with Gasteiger partial charge in [0.25, 0.3) is 6.47 Å². The summed E-state index contributed by atoms with van der Waals surface area (Å²) in [6.07, 6.45) is 3.63. The van der Waals surface area contributed by atoms with Crippen LogP contribution in [0.2, 0.25) is 0 Å². The molecule has 0 aromatic carbocycles. The van der Waals surface area contributed by atoms with Gasteiger partial charge in [-0.05, 0) is 38.1 Å². The molecule has 0 spiro atoms. The summed E-state index contributed by atoms with van der Waals surface area (Å²) in [5.74, 6) is 0. The zero-order chi connectivity index (χ0) is 23.1. The Bertz CT molecular complexity index is 1140. The first-order valence-corrected chi connectivity index (χ1v) is 12.6. The van der Waals surface area contributed by atoms with Crippen molar-refractivity contribution in [3.63, 3.8) is 0 Å². The highest BCUT2D eigenvalue weighted by Gasteiger charge is 2.22. The number of hydrogen-bond donors (Lipinski definition) is 3. The number of carbonyl (C=O) groups is 1. The lowest BCUT2D eigenvalue weighted by molar-refractivity contribution is -0.122. The summed E-state index contributed by atoms with van der Waals surface area (Å²) in [4.78, 5) is 13.1. The normalized spacial score (nSPS) is 14.7. The van der Waals surface area contributed by atoms with Gasteiger partial charge in [0, 0.05) is 43.6 Å². The summed E-state index contributed by atoms with van der Waals surface area (Å²) in [5.41, 5.74) is 3.35. The number of sulfonamides is 1. The third-order valence-corrected chi connectivity index (χ3v) is 7.96. The first-order chi connectivity index (χ1) is 15.4. The van der Waals surface area contributed by atoms with E-state index in [0.717, 1.165) is 60.6 Å². The first kappa shape index (κ1) is 24.1. The molecule has 3 aromatic heterocycles. The van der Waals surface area contributed by atoms with Gasteiger partial charge in [-0.3, -0.25) is 4.79 Å². The van der Waals surface area contributed by atoms with Crippen LogP contribution in [-0.2, 0) is 32.6 Å². The molecule has 1 fully saturated rings. The van der Waals surface area contributed by atoms with Gasteiger partial charge in [-0.2, -0.15) is 5.10 Å². The van der Waals surface area contributed by atoms with E-state index in [9.17, 15) is 8.42 Å². The Morgan fingerprint density at radius 3 is 2.72 bits per heavy atom. The van der Waals surface area contributed by atoms with Crippen molar-refractivity contribution in [2.75, 3.05) is 18.5 Å². The Balaban J connectivity index is 0.000000913. The van der Waals surface area contributed by atoms with E-state index in [4.69, 9.17) is 19.6 Å². The second-order valence-electron chi connectivity index (χ2n) is 7.14. The molecule has 0 unspecified atom stereocenters. The molecule has 0 bridgehead atoms. The van der Waals surface area contributed by atoms with Crippen molar-refractivity contribution in [3.05, 3.63) is 35.0 Å². The molecular weight excluding hydrogens is 454 g/mol. The number of nitrogens with zero attached hydrogens (tertiary/aromatic N) is 3. The van der Waals surface area contributed by atoms with Crippen LogP contribution in [-0.4, -0.2) is 54.0 Å². The van der Waals surface area contributed by atoms with E-state index >= 15 is 0 Å².